The molecule has 0 saturated carbocycles. The zero-order valence-corrected chi connectivity index (χ0v) is 19.1. The number of nitrogens with one attached hydrogen (secondary N) is 1. The molecule has 2 atom stereocenters. The number of carbonyl (C=O) groups is 1. The molecule has 34 heavy (non-hydrogen) atoms. The summed E-state index contributed by atoms with van der Waals surface area (Å²) in [6.07, 6.45) is -3.52. The molecule has 0 bridgehead atoms. The van der Waals surface area contributed by atoms with Crippen molar-refractivity contribution in [2.24, 2.45) is 5.92 Å². The van der Waals surface area contributed by atoms with Gasteiger partial charge in [0, 0.05) is 52.1 Å². The van der Waals surface area contributed by atoms with Crippen molar-refractivity contribution in [1.82, 2.24) is 10.2 Å². The van der Waals surface area contributed by atoms with Gasteiger partial charge in [0.2, 0.25) is 5.91 Å². The van der Waals surface area contributed by atoms with Crippen molar-refractivity contribution >= 4 is 11.6 Å². The second-order valence-electron chi connectivity index (χ2n) is 8.91. The molecule has 1 amide bonds. The lowest BCUT2D eigenvalue weighted by molar-refractivity contribution is -0.137. The molecule has 0 radical (unpaired) electrons. The number of ether oxygens (including phenoxy) is 1. The van der Waals surface area contributed by atoms with Gasteiger partial charge in [0.25, 0.3) is 0 Å². The molecule has 9 heteroatoms. The largest absolute Gasteiger partial charge is 0.416 e. The highest BCUT2D eigenvalue weighted by molar-refractivity contribution is 5.82. The summed E-state index contributed by atoms with van der Waals surface area (Å²) in [5, 5.41) is 2.94. The predicted molar refractivity (Wildman–Crippen MR) is 121 cm³/mol. The molecule has 2 unspecified atom stereocenters. The fourth-order valence-corrected chi connectivity index (χ4v) is 4.91. The van der Waals surface area contributed by atoms with Gasteiger partial charge < -0.3 is 15.0 Å². The molecule has 1 saturated heterocycles. The van der Waals surface area contributed by atoms with Crippen molar-refractivity contribution in [2.75, 3.05) is 44.8 Å². The van der Waals surface area contributed by atoms with Crippen LogP contribution in [0.25, 0.3) is 0 Å². The lowest BCUT2D eigenvalue weighted by Gasteiger charge is -2.49. The maximum Gasteiger partial charge on any atom is 0.416 e. The van der Waals surface area contributed by atoms with Crippen LogP contribution in [0.2, 0.25) is 0 Å². The predicted octanol–water partition coefficient (Wildman–Crippen LogP) is 3.86. The van der Waals surface area contributed by atoms with E-state index in [0.29, 0.717) is 51.3 Å². The summed E-state index contributed by atoms with van der Waals surface area (Å²) in [6.45, 7) is 3.46. The quantitative estimate of drug-likeness (QED) is 0.484. The number of alkyl halides is 3. The van der Waals surface area contributed by atoms with E-state index in [-0.39, 0.29) is 24.2 Å². The number of benzene rings is 2. The third-order valence-electron chi connectivity index (χ3n) is 6.60. The van der Waals surface area contributed by atoms with E-state index in [1.165, 1.54) is 24.3 Å². The van der Waals surface area contributed by atoms with Crippen LogP contribution >= 0.6 is 0 Å². The molecule has 184 valence electrons. The number of rotatable bonds is 7. The number of nitrogens with zero attached hydrogens (tertiary/aromatic N) is 2. The first-order valence-corrected chi connectivity index (χ1v) is 11.5. The van der Waals surface area contributed by atoms with E-state index in [4.69, 9.17) is 4.74 Å². The SMILES string of the molecule is COCCCNC(=O)C1Cc2cc(C(F)(F)F)ccc2N2CCN(Cc3ccc(F)cc3)CC12. The van der Waals surface area contributed by atoms with Crippen molar-refractivity contribution < 1.29 is 27.1 Å². The van der Waals surface area contributed by atoms with E-state index in [0.717, 1.165) is 17.3 Å². The van der Waals surface area contributed by atoms with Crippen molar-refractivity contribution in [3.05, 3.63) is 65.0 Å². The van der Waals surface area contributed by atoms with Crippen LogP contribution in [0.1, 0.15) is 23.1 Å². The van der Waals surface area contributed by atoms with Gasteiger partial charge in [-0.05, 0) is 54.3 Å². The van der Waals surface area contributed by atoms with Gasteiger partial charge in [0.15, 0.2) is 0 Å². The first-order valence-electron chi connectivity index (χ1n) is 11.5. The summed E-state index contributed by atoms with van der Waals surface area (Å²) >= 11 is 0. The van der Waals surface area contributed by atoms with Crippen LogP contribution in [-0.4, -0.2) is 56.7 Å². The Kier molecular flexibility index (Phi) is 7.42. The molecule has 0 spiro atoms. The van der Waals surface area contributed by atoms with Gasteiger partial charge in [-0.1, -0.05) is 12.1 Å². The zero-order chi connectivity index (χ0) is 24.3. The molecule has 2 aromatic carbocycles. The van der Waals surface area contributed by atoms with E-state index < -0.39 is 17.7 Å². The summed E-state index contributed by atoms with van der Waals surface area (Å²) < 4.78 is 58.3. The summed E-state index contributed by atoms with van der Waals surface area (Å²) in [4.78, 5) is 17.4. The number of anilines is 1. The van der Waals surface area contributed by atoms with E-state index >= 15 is 0 Å². The van der Waals surface area contributed by atoms with Crippen LogP contribution in [0.3, 0.4) is 0 Å². The van der Waals surface area contributed by atoms with Gasteiger partial charge in [0.05, 0.1) is 17.5 Å². The second kappa shape index (κ2) is 10.3. The Hall–Kier alpha value is -2.65. The summed E-state index contributed by atoms with van der Waals surface area (Å²) in [5.74, 6) is -0.923. The van der Waals surface area contributed by atoms with Crippen molar-refractivity contribution in [2.45, 2.75) is 31.6 Å². The molecular formula is C25H29F4N3O2. The number of hydrogen-bond acceptors (Lipinski definition) is 4. The van der Waals surface area contributed by atoms with Crippen molar-refractivity contribution in [3.63, 3.8) is 0 Å². The molecule has 1 fully saturated rings. The Balaban J connectivity index is 1.56. The maximum absolute atomic E-state index is 13.3. The molecule has 5 nitrogen and oxygen atoms in total. The van der Waals surface area contributed by atoms with Crippen LogP contribution in [-0.2, 0) is 28.7 Å². The van der Waals surface area contributed by atoms with E-state index in [1.54, 1.807) is 19.2 Å². The molecule has 0 aliphatic carbocycles. The van der Waals surface area contributed by atoms with Crippen molar-refractivity contribution in [1.29, 1.82) is 0 Å². The van der Waals surface area contributed by atoms with E-state index in [9.17, 15) is 22.4 Å². The minimum Gasteiger partial charge on any atom is -0.385 e. The number of methoxy groups -OCH3 is 1. The monoisotopic (exact) mass is 479 g/mol. The smallest absolute Gasteiger partial charge is 0.385 e. The molecule has 2 aromatic rings. The number of halogens is 4. The molecular weight excluding hydrogens is 450 g/mol. The summed E-state index contributed by atoms with van der Waals surface area (Å²) in [5.41, 5.74) is 1.60. The van der Waals surface area contributed by atoms with Gasteiger partial charge in [0.1, 0.15) is 5.82 Å². The third-order valence-corrected chi connectivity index (χ3v) is 6.60. The molecule has 4 rings (SSSR count). The van der Waals surface area contributed by atoms with Gasteiger partial charge in [-0.15, -0.1) is 0 Å². The highest BCUT2D eigenvalue weighted by Crippen LogP contribution is 2.39. The molecule has 2 aliphatic heterocycles. The minimum absolute atomic E-state index is 0.155. The van der Waals surface area contributed by atoms with Crippen LogP contribution in [0, 0.1) is 11.7 Å². The van der Waals surface area contributed by atoms with Crippen LogP contribution in [0.15, 0.2) is 42.5 Å². The fraction of sp³-hybridized carbons (Fsp3) is 0.480. The lowest BCUT2D eigenvalue weighted by Crippen LogP contribution is -2.61. The number of carbonyl (C=O) groups excluding carboxylic acids is 1. The highest BCUT2D eigenvalue weighted by Gasteiger charge is 2.42. The van der Waals surface area contributed by atoms with Crippen LogP contribution < -0.4 is 10.2 Å². The highest BCUT2D eigenvalue weighted by atomic mass is 19.4. The normalized spacial score (nSPS) is 20.6. The van der Waals surface area contributed by atoms with Crippen LogP contribution in [0.5, 0.6) is 0 Å². The Morgan fingerprint density at radius 2 is 1.91 bits per heavy atom. The average Bonchev–Trinajstić information content (AvgIpc) is 2.81. The third kappa shape index (κ3) is 5.52. The number of amides is 1. The maximum atomic E-state index is 13.3. The molecule has 1 N–H and O–H groups in total. The Labute approximate surface area is 196 Å². The van der Waals surface area contributed by atoms with Gasteiger partial charge in [-0.25, -0.2) is 4.39 Å². The summed E-state index contributed by atoms with van der Waals surface area (Å²) in [7, 11) is 1.59. The van der Waals surface area contributed by atoms with Gasteiger partial charge in [-0.2, -0.15) is 13.2 Å². The number of fused-ring (bicyclic) bond motifs is 3. The van der Waals surface area contributed by atoms with Gasteiger partial charge >= 0.3 is 6.18 Å². The molecule has 2 heterocycles. The molecule has 2 aliphatic rings. The molecule has 0 aromatic heterocycles. The Morgan fingerprint density at radius 1 is 1.15 bits per heavy atom. The van der Waals surface area contributed by atoms with E-state index in [1.807, 2.05) is 0 Å². The Bertz CT molecular complexity index is 997. The Morgan fingerprint density at radius 3 is 2.62 bits per heavy atom. The standard InChI is InChI=1S/C25H29F4N3O2/c1-34-12-2-9-30-24(33)21-14-18-13-19(25(27,28)29)5-8-22(18)32-11-10-31(16-23(21)32)15-17-3-6-20(26)7-4-17/h3-8,13,21,23H,2,9-12,14-16H2,1H3,(H,30,33). The van der Waals surface area contributed by atoms with Crippen molar-refractivity contribution in [3.8, 4) is 0 Å². The van der Waals surface area contributed by atoms with E-state index in [2.05, 4.69) is 15.1 Å². The second-order valence-corrected chi connectivity index (χ2v) is 8.91. The zero-order valence-electron chi connectivity index (χ0n) is 19.1. The number of piperazine rings is 1. The lowest BCUT2D eigenvalue weighted by atomic mass is 9.82. The average molecular weight is 480 g/mol. The van der Waals surface area contributed by atoms with Gasteiger partial charge in [-0.3, -0.25) is 9.69 Å². The first-order chi connectivity index (χ1) is 16.3. The fourth-order valence-electron chi connectivity index (χ4n) is 4.91. The minimum atomic E-state index is -4.43. The van der Waals surface area contributed by atoms with Crippen LogP contribution in [0.4, 0.5) is 23.2 Å². The summed E-state index contributed by atoms with van der Waals surface area (Å²) in [6, 6.07) is 10.0. The number of hydrogen-bond donors (Lipinski definition) is 1. The topological polar surface area (TPSA) is 44.8 Å². The first kappa shape index (κ1) is 24.5.